The molecule has 216 valence electrons. The summed E-state index contributed by atoms with van der Waals surface area (Å²) in [5, 5.41) is 16.6. The molecule has 2 heterocycles. The summed E-state index contributed by atoms with van der Waals surface area (Å²) in [5.74, 6) is -3.84. The van der Waals surface area contributed by atoms with E-state index in [0.29, 0.717) is 39.5 Å². The molecule has 0 bridgehead atoms. The van der Waals surface area contributed by atoms with E-state index in [1.165, 1.54) is 26.3 Å². The molecule has 5 rings (SSSR count). The molecule has 1 aliphatic carbocycles. The van der Waals surface area contributed by atoms with Crippen molar-refractivity contribution >= 4 is 17.7 Å². The summed E-state index contributed by atoms with van der Waals surface area (Å²) in [5.41, 5.74) is 2.82. The number of hydrogen-bond acceptors (Lipinski definition) is 7. The number of likely N-dealkylation sites (N-methyl/N-ethyl adjacent to an activating group) is 1. The molecule has 11 heteroatoms. The number of methoxy groups -OCH3 is 1. The van der Waals surface area contributed by atoms with E-state index in [9.17, 15) is 23.5 Å². The standard InChI is InChI=1S/C30H31F2N3O6/c1-14(2)34-23-11-9-19-24(16-6-10-21-22(12-16)41-30(31,32)40-21)26(29(37)38)25(27(19)35-23)18-8-7-17(39-5)13-20(18)15(3)28(36)33-4/h6-15,24-26H,1-5H3,(H,33,36)(H,34,35)(H,37,38)/t15?,24-,25-,26+/m0/s1. The first kappa shape index (κ1) is 28.1. The van der Waals surface area contributed by atoms with Crippen molar-refractivity contribution in [2.45, 2.75) is 50.9 Å². The van der Waals surface area contributed by atoms with Gasteiger partial charge in [0, 0.05) is 24.9 Å². The average molecular weight is 568 g/mol. The van der Waals surface area contributed by atoms with Gasteiger partial charge < -0.3 is 30.0 Å². The molecule has 41 heavy (non-hydrogen) atoms. The van der Waals surface area contributed by atoms with E-state index in [4.69, 9.17) is 9.72 Å². The predicted molar refractivity (Wildman–Crippen MR) is 146 cm³/mol. The molecule has 1 aliphatic heterocycles. The molecular weight excluding hydrogens is 536 g/mol. The smallest absolute Gasteiger partial charge is 0.497 e. The van der Waals surface area contributed by atoms with Crippen molar-refractivity contribution in [3.63, 3.8) is 0 Å². The van der Waals surface area contributed by atoms with Crippen LogP contribution in [0.25, 0.3) is 0 Å². The Kier molecular flexibility index (Phi) is 7.23. The fourth-order valence-electron chi connectivity index (χ4n) is 5.80. The van der Waals surface area contributed by atoms with Crippen LogP contribution < -0.4 is 24.8 Å². The van der Waals surface area contributed by atoms with Crippen LogP contribution in [-0.2, 0) is 9.59 Å². The normalized spacial score (nSPS) is 20.8. The molecule has 0 spiro atoms. The molecule has 3 N–H and O–H groups in total. The van der Waals surface area contributed by atoms with Crippen LogP contribution in [0.1, 0.15) is 66.5 Å². The van der Waals surface area contributed by atoms with Crippen molar-refractivity contribution in [1.82, 2.24) is 10.3 Å². The Hall–Kier alpha value is -4.41. The van der Waals surface area contributed by atoms with Gasteiger partial charge in [-0.05, 0) is 73.4 Å². The van der Waals surface area contributed by atoms with Gasteiger partial charge in [-0.1, -0.05) is 18.2 Å². The highest BCUT2D eigenvalue weighted by Gasteiger charge is 2.50. The van der Waals surface area contributed by atoms with Crippen molar-refractivity contribution < 1.29 is 37.7 Å². The second-order valence-corrected chi connectivity index (χ2v) is 10.5. The number of hydrogen-bond donors (Lipinski definition) is 3. The zero-order valence-electron chi connectivity index (χ0n) is 23.2. The molecule has 3 aromatic rings. The van der Waals surface area contributed by atoms with Gasteiger partial charge in [-0.3, -0.25) is 9.59 Å². The van der Waals surface area contributed by atoms with Gasteiger partial charge in [0.25, 0.3) is 0 Å². The van der Waals surface area contributed by atoms with Gasteiger partial charge in [0.15, 0.2) is 11.5 Å². The third-order valence-corrected chi connectivity index (χ3v) is 7.55. The Morgan fingerprint density at radius 2 is 1.71 bits per heavy atom. The van der Waals surface area contributed by atoms with E-state index >= 15 is 0 Å². The summed E-state index contributed by atoms with van der Waals surface area (Å²) in [4.78, 5) is 30.8. The monoisotopic (exact) mass is 567 g/mol. The van der Waals surface area contributed by atoms with E-state index in [1.807, 2.05) is 19.9 Å². The van der Waals surface area contributed by atoms with E-state index in [-0.39, 0.29) is 23.4 Å². The number of anilines is 1. The van der Waals surface area contributed by atoms with Crippen molar-refractivity contribution in [1.29, 1.82) is 0 Å². The summed E-state index contributed by atoms with van der Waals surface area (Å²) in [6.45, 7) is 5.66. The van der Waals surface area contributed by atoms with Gasteiger partial charge in [0.2, 0.25) is 5.91 Å². The number of halogens is 2. The third-order valence-electron chi connectivity index (χ3n) is 7.55. The lowest BCUT2D eigenvalue weighted by Gasteiger charge is -2.26. The Labute approximate surface area is 235 Å². The highest BCUT2D eigenvalue weighted by atomic mass is 19.3. The molecule has 1 amide bonds. The van der Waals surface area contributed by atoms with E-state index in [1.54, 1.807) is 37.3 Å². The van der Waals surface area contributed by atoms with Gasteiger partial charge >= 0.3 is 12.3 Å². The van der Waals surface area contributed by atoms with Crippen LogP contribution in [0.2, 0.25) is 0 Å². The number of ether oxygens (including phenoxy) is 3. The number of aromatic nitrogens is 1. The Balaban J connectivity index is 1.73. The predicted octanol–water partition coefficient (Wildman–Crippen LogP) is 5.06. The second kappa shape index (κ2) is 10.5. The molecule has 2 aromatic carbocycles. The van der Waals surface area contributed by atoms with Crippen molar-refractivity contribution in [2.24, 2.45) is 5.92 Å². The largest absolute Gasteiger partial charge is 0.586 e. The highest BCUT2D eigenvalue weighted by molar-refractivity contribution is 5.84. The number of rotatable bonds is 8. The number of carboxylic acids is 1. The molecule has 0 saturated carbocycles. The maximum atomic E-state index is 13.8. The summed E-state index contributed by atoms with van der Waals surface area (Å²) in [6.07, 6.45) is -3.81. The first-order valence-corrected chi connectivity index (χ1v) is 13.2. The minimum absolute atomic E-state index is 0.0619. The number of nitrogens with zero attached hydrogens (tertiary/aromatic N) is 1. The molecule has 9 nitrogen and oxygen atoms in total. The summed E-state index contributed by atoms with van der Waals surface area (Å²) < 4.78 is 42.3. The molecule has 1 aromatic heterocycles. The van der Waals surface area contributed by atoms with Crippen molar-refractivity contribution in [2.75, 3.05) is 19.5 Å². The first-order chi connectivity index (χ1) is 19.4. The van der Waals surface area contributed by atoms with E-state index in [0.717, 1.165) is 0 Å². The topological polar surface area (TPSA) is 119 Å². The Morgan fingerprint density at radius 3 is 2.37 bits per heavy atom. The number of carboxylic acid groups (broad SMARTS) is 1. The van der Waals surface area contributed by atoms with E-state index in [2.05, 4.69) is 20.1 Å². The number of fused-ring (bicyclic) bond motifs is 2. The minimum Gasteiger partial charge on any atom is -0.497 e. The number of alkyl halides is 2. The number of carbonyl (C=O) groups is 2. The van der Waals surface area contributed by atoms with Gasteiger partial charge in [-0.15, -0.1) is 8.78 Å². The zero-order valence-corrected chi connectivity index (χ0v) is 23.2. The fraction of sp³-hybridized carbons (Fsp3) is 0.367. The lowest BCUT2D eigenvalue weighted by molar-refractivity contribution is -0.286. The van der Waals surface area contributed by atoms with Crippen molar-refractivity contribution in [3.05, 3.63) is 76.5 Å². The van der Waals surface area contributed by atoms with Gasteiger partial charge in [-0.2, -0.15) is 0 Å². The molecule has 1 unspecified atom stereocenters. The van der Waals surface area contributed by atoms with Crippen LogP contribution in [0.15, 0.2) is 48.5 Å². The molecule has 4 atom stereocenters. The van der Waals surface area contributed by atoms with Gasteiger partial charge in [-0.25, -0.2) is 4.98 Å². The lowest BCUT2D eigenvalue weighted by Crippen LogP contribution is -2.28. The average Bonchev–Trinajstić information content (AvgIpc) is 3.43. The number of amides is 1. The molecule has 0 radical (unpaired) electrons. The minimum atomic E-state index is -3.81. The van der Waals surface area contributed by atoms with Crippen LogP contribution in [0.5, 0.6) is 17.2 Å². The maximum absolute atomic E-state index is 13.8. The summed E-state index contributed by atoms with van der Waals surface area (Å²) in [6, 6.07) is 13.2. The first-order valence-electron chi connectivity index (χ1n) is 13.2. The third kappa shape index (κ3) is 5.12. The quantitative estimate of drug-likeness (QED) is 0.346. The number of carbonyl (C=O) groups excluding carboxylic acids is 1. The number of nitrogens with one attached hydrogen (secondary N) is 2. The second-order valence-electron chi connectivity index (χ2n) is 10.5. The van der Waals surface area contributed by atoms with Crippen LogP contribution in [0.3, 0.4) is 0 Å². The number of aliphatic carboxylic acids is 1. The van der Waals surface area contributed by atoms with Gasteiger partial charge in [0.1, 0.15) is 11.6 Å². The molecule has 0 fully saturated rings. The lowest BCUT2D eigenvalue weighted by atomic mass is 9.77. The highest BCUT2D eigenvalue weighted by Crippen LogP contribution is 2.55. The Bertz CT molecular complexity index is 1510. The van der Waals surface area contributed by atoms with Crippen LogP contribution in [-0.4, -0.2) is 48.5 Å². The number of pyridine rings is 1. The van der Waals surface area contributed by atoms with Crippen molar-refractivity contribution in [3.8, 4) is 17.2 Å². The number of benzene rings is 2. The molecule has 2 aliphatic rings. The SMILES string of the molecule is CNC(=O)C(C)c1cc(OC)ccc1[C@@H]1c2nc(NC(C)C)ccc2[C@H](c2ccc3c(c2)OC(F)(F)O3)[C@H]1C(=O)O. The van der Waals surface area contributed by atoms with Crippen LogP contribution in [0, 0.1) is 5.92 Å². The summed E-state index contributed by atoms with van der Waals surface area (Å²) in [7, 11) is 3.05. The maximum Gasteiger partial charge on any atom is 0.586 e. The summed E-state index contributed by atoms with van der Waals surface area (Å²) >= 11 is 0. The molecular formula is C30H31F2N3O6. The zero-order chi connectivity index (χ0) is 29.6. The van der Waals surface area contributed by atoms with Gasteiger partial charge in [0.05, 0.1) is 24.6 Å². The Morgan fingerprint density at radius 1 is 1.00 bits per heavy atom. The molecule has 0 saturated heterocycles. The van der Waals surface area contributed by atoms with E-state index < -0.39 is 35.9 Å². The van der Waals surface area contributed by atoms with Crippen LogP contribution in [0.4, 0.5) is 14.6 Å². The fourth-order valence-corrected chi connectivity index (χ4v) is 5.80. The van der Waals surface area contributed by atoms with Crippen LogP contribution >= 0.6 is 0 Å².